The van der Waals surface area contributed by atoms with Crippen LogP contribution in [0.3, 0.4) is 0 Å². The Bertz CT molecular complexity index is 350. The van der Waals surface area contributed by atoms with E-state index >= 15 is 0 Å². The van der Waals surface area contributed by atoms with Crippen LogP contribution in [-0.4, -0.2) is 18.8 Å². The van der Waals surface area contributed by atoms with Crippen molar-refractivity contribution in [2.24, 2.45) is 0 Å². The van der Waals surface area contributed by atoms with E-state index < -0.39 is 0 Å². The molecule has 0 radical (unpaired) electrons. The predicted octanol–water partition coefficient (Wildman–Crippen LogP) is 2.09. The standard InChI is InChI=1S/C10H12ClNO2/c1-14-9-5-6(8-2-3-12-8)4-7(11)10(9)13/h4-5,8,12-13H,2-3H2,1H3/t8-/m1/s1. The first-order valence-electron chi connectivity index (χ1n) is 4.52. The van der Waals surface area contributed by atoms with Gasteiger partial charge in [-0.05, 0) is 30.7 Å². The van der Waals surface area contributed by atoms with E-state index in [9.17, 15) is 5.11 Å². The molecule has 3 nitrogen and oxygen atoms in total. The normalized spacial score (nSPS) is 20.3. The molecule has 0 unspecified atom stereocenters. The molecule has 1 aliphatic heterocycles. The van der Waals surface area contributed by atoms with Crippen molar-refractivity contribution in [2.45, 2.75) is 12.5 Å². The number of rotatable bonds is 2. The van der Waals surface area contributed by atoms with Gasteiger partial charge in [-0.1, -0.05) is 11.6 Å². The minimum atomic E-state index is 0.0113. The fourth-order valence-electron chi connectivity index (χ4n) is 1.52. The van der Waals surface area contributed by atoms with Crippen LogP contribution in [0.25, 0.3) is 0 Å². The fourth-order valence-corrected chi connectivity index (χ4v) is 1.74. The molecule has 4 heteroatoms. The summed E-state index contributed by atoms with van der Waals surface area (Å²) >= 11 is 5.87. The zero-order valence-electron chi connectivity index (χ0n) is 7.88. The summed E-state index contributed by atoms with van der Waals surface area (Å²) in [4.78, 5) is 0. The van der Waals surface area contributed by atoms with Crippen LogP contribution >= 0.6 is 11.6 Å². The summed E-state index contributed by atoms with van der Waals surface area (Å²) in [5.41, 5.74) is 1.07. The van der Waals surface area contributed by atoms with Crippen molar-refractivity contribution in [3.05, 3.63) is 22.7 Å². The summed E-state index contributed by atoms with van der Waals surface area (Å²) in [6.45, 7) is 1.03. The van der Waals surface area contributed by atoms with Gasteiger partial charge in [-0.15, -0.1) is 0 Å². The van der Waals surface area contributed by atoms with E-state index in [0.717, 1.165) is 18.5 Å². The quantitative estimate of drug-likeness (QED) is 0.791. The first kappa shape index (κ1) is 9.62. The van der Waals surface area contributed by atoms with E-state index in [0.29, 0.717) is 16.8 Å². The highest BCUT2D eigenvalue weighted by Crippen LogP contribution is 2.38. The Morgan fingerprint density at radius 2 is 2.29 bits per heavy atom. The van der Waals surface area contributed by atoms with Crippen molar-refractivity contribution in [3.8, 4) is 11.5 Å². The second kappa shape index (κ2) is 3.67. The highest BCUT2D eigenvalue weighted by molar-refractivity contribution is 6.32. The molecule has 2 N–H and O–H groups in total. The second-order valence-electron chi connectivity index (χ2n) is 3.35. The lowest BCUT2D eigenvalue weighted by molar-refractivity contribution is 0.362. The number of halogens is 1. The van der Waals surface area contributed by atoms with Gasteiger partial charge in [-0.2, -0.15) is 0 Å². The van der Waals surface area contributed by atoms with Gasteiger partial charge in [-0.25, -0.2) is 0 Å². The maximum Gasteiger partial charge on any atom is 0.176 e. The van der Waals surface area contributed by atoms with Crippen LogP contribution in [0, 0.1) is 0 Å². The molecule has 14 heavy (non-hydrogen) atoms. The van der Waals surface area contributed by atoms with Crippen LogP contribution in [0.5, 0.6) is 11.5 Å². The Balaban J connectivity index is 2.37. The monoisotopic (exact) mass is 213 g/mol. The number of phenolic OH excluding ortho intramolecular Hbond substituents is 1. The third-order valence-corrected chi connectivity index (χ3v) is 2.78. The number of hydrogen-bond acceptors (Lipinski definition) is 3. The lowest BCUT2D eigenvalue weighted by Gasteiger charge is -2.28. The van der Waals surface area contributed by atoms with Gasteiger partial charge in [0, 0.05) is 6.04 Å². The van der Waals surface area contributed by atoms with Crippen molar-refractivity contribution in [1.29, 1.82) is 0 Å². The van der Waals surface area contributed by atoms with Gasteiger partial charge in [0.05, 0.1) is 12.1 Å². The topological polar surface area (TPSA) is 41.5 Å². The Morgan fingerprint density at radius 1 is 1.57 bits per heavy atom. The fraction of sp³-hybridized carbons (Fsp3) is 0.400. The maximum atomic E-state index is 9.52. The van der Waals surface area contributed by atoms with Crippen molar-refractivity contribution >= 4 is 11.6 Å². The lowest BCUT2D eigenvalue weighted by atomic mass is 9.98. The van der Waals surface area contributed by atoms with Crippen molar-refractivity contribution in [1.82, 2.24) is 5.32 Å². The molecule has 0 aromatic heterocycles. The van der Waals surface area contributed by atoms with E-state index in [-0.39, 0.29) is 5.75 Å². The van der Waals surface area contributed by atoms with E-state index in [1.807, 2.05) is 6.07 Å². The van der Waals surface area contributed by atoms with Gasteiger partial charge in [0.25, 0.3) is 0 Å². The lowest BCUT2D eigenvalue weighted by Crippen LogP contribution is -2.34. The molecule has 0 bridgehead atoms. The third kappa shape index (κ3) is 1.53. The highest BCUT2D eigenvalue weighted by Gasteiger charge is 2.21. The zero-order valence-corrected chi connectivity index (χ0v) is 8.64. The molecular formula is C10H12ClNO2. The molecule has 76 valence electrons. The maximum absolute atomic E-state index is 9.52. The first-order valence-corrected chi connectivity index (χ1v) is 4.90. The Kier molecular flexibility index (Phi) is 2.52. The molecule has 1 aromatic rings. The van der Waals surface area contributed by atoms with Crippen LogP contribution < -0.4 is 10.1 Å². The van der Waals surface area contributed by atoms with Gasteiger partial charge >= 0.3 is 0 Å². The molecule has 0 aliphatic carbocycles. The van der Waals surface area contributed by atoms with Crippen molar-refractivity contribution in [2.75, 3.05) is 13.7 Å². The van der Waals surface area contributed by atoms with E-state index in [4.69, 9.17) is 16.3 Å². The Hall–Kier alpha value is -0.930. The summed E-state index contributed by atoms with van der Waals surface area (Å²) in [6.07, 6.45) is 1.10. The number of phenols is 1. The van der Waals surface area contributed by atoms with Gasteiger partial charge in [0.15, 0.2) is 11.5 Å². The highest BCUT2D eigenvalue weighted by atomic mass is 35.5. The molecule has 0 spiro atoms. The molecule has 1 heterocycles. The Labute approximate surface area is 87.6 Å². The van der Waals surface area contributed by atoms with Gasteiger partial charge in [0.2, 0.25) is 0 Å². The smallest absolute Gasteiger partial charge is 0.176 e. The number of nitrogens with one attached hydrogen (secondary N) is 1. The van der Waals surface area contributed by atoms with Crippen LogP contribution in [-0.2, 0) is 0 Å². The summed E-state index contributed by atoms with van der Waals surface area (Å²) < 4.78 is 5.02. The summed E-state index contributed by atoms with van der Waals surface area (Å²) in [5, 5.41) is 13.1. The molecule has 2 rings (SSSR count). The van der Waals surface area contributed by atoms with E-state index in [1.54, 1.807) is 6.07 Å². The van der Waals surface area contributed by atoms with Gasteiger partial charge in [-0.3, -0.25) is 0 Å². The summed E-state index contributed by atoms with van der Waals surface area (Å²) in [7, 11) is 1.52. The van der Waals surface area contributed by atoms with E-state index in [2.05, 4.69) is 5.32 Å². The number of benzene rings is 1. The molecule has 1 fully saturated rings. The van der Waals surface area contributed by atoms with Crippen molar-refractivity contribution in [3.63, 3.8) is 0 Å². The van der Waals surface area contributed by atoms with Crippen LogP contribution in [0.1, 0.15) is 18.0 Å². The molecule has 1 saturated heterocycles. The van der Waals surface area contributed by atoms with Crippen LogP contribution in [0.2, 0.25) is 5.02 Å². The SMILES string of the molecule is COc1cc([C@H]2CCN2)cc(Cl)c1O. The second-order valence-corrected chi connectivity index (χ2v) is 3.76. The van der Waals surface area contributed by atoms with Gasteiger partial charge in [0.1, 0.15) is 0 Å². The molecule has 0 saturated carbocycles. The molecule has 1 atom stereocenters. The zero-order chi connectivity index (χ0) is 10.1. The number of ether oxygens (including phenoxy) is 1. The van der Waals surface area contributed by atoms with Crippen molar-refractivity contribution < 1.29 is 9.84 Å². The van der Waals surface area contributed by atoms with Crippen LogP contribution in [0.4, 0.5) is 0 Å². The van der Waals surface area contributed by atoms with E-state index in [1.165, 1.54) is 7.11 Å². The summed E-state index contributed by atoms with van der Waals surface area (Å²) in [5.74, 6) is 0.443. The largest absolute Gasteiger partial charge is 0.503 e. The van der Waals surface area contributed by atoms with Gasteiger partial charge < -0.3 is 15.2 Å². The minimum absolute atomic E-state index is 0.0113. The molecule has 1 aromatic carbocycles. The third-order valence-electron chi connectivity index (χ3n) is 2.50. The average Bonchev–Trinajstić information content (AvgIpc) is 2.08. The predicted molar refractivity (Wildman–Crippen MR) is 55.0 cm³/mol. The minimum Gasteiger partial charge on any atom is -0.503 e. The van der Waals surface area contributed by atoms with Crippen LogP contribution in [0.15, 0.2) is 12.1 Å². The summed E-state index contributed by atoms with van der Waals surface area (Å²) in [6, 6.07) is 3.94. The Morgan fingerprint density at radius 3 is 2.79 bits per heavy atom. The molecular weight excluding hydrogens is 202 g/mol. The number of aromatic hydroxyl groups is 1. The molecule has 1 aliphatic rings. The number of hydrogen-bond donors (Lipinski definition) is 2. The average molecular weight is 214 g/mol. The molecule has 0 amide bonds. The first-order chi connectivity index (χ1) is 6.72. The number of methoxy groups -OCH3 is 1.